The number of nitrogens with zero attached hydrogens (tertiary/aromatic N) is 2. The monoisotopic (exact) mass is 490 g/mol. The number of halogens is 1. The van der Waals surface area contributed by atoms with Crippen LogP contribution in [0.4, 0.5) is 0 Å². The molecule has 1 saturated heterocycles. The van der Waals surface area contributed by atoms with Gasteiger partial charge in [0, 0.05) is 25.2 Å². The van der Waals surface area contributed by atoms with E-state index in [2.05, 4.69) is 27.4 Å². The van der Waals surface area contributed by atoms with Gasteiger partial charge < -0.3 is 20.2 Å². The van der Waals surface area contributed by atoms with Gasteiger partial charge in [-0.25, -0.2) is 0 Å². The van der Waals surface area contributed by atoms with E-state index in [4.69, 9.17) is 4.42 Å². The molecule has 0 radical (unpaired) electrons. The molecule has 2 heterocycles. The fourth-order valence-electron chi connectivity index (χ4n) is 4.16. The maximum atomic E-state index is 10.2. The Balaban J connectivity index is 0.00000261. The molecule has 2 atom stereocenters. The molecule has 3 rings (SSSR count). The van der Waals surface area contributed by atoms with Gasteiger partial charge in [-0.3, -0.25) is 9.89 Å². The van der Waals surface area contributed by atoms with Gasteiger partial charge in [-0.15, -0.1) is 24.0 Å². The lowest BCUT2D eigenvalue weighted by atomic mass is 9.92. The first-order chi connectivity index (χ1) is 12.8. The first kappa shape index (κ1) is 22.5. The summed E-state index contributed by atoms with van der Waals surface area (Å²) in [6, 6.07) is 4.76. The number of furan rings is 1. The number of hydrogen-bond acceptors (Lipinski definition) is 4. The molecule has 1 aliphatic heterocycles. The minimum absolute atomic E-state index is 0. The molecule has 0 aromatic carbocycles. The van der Waals surface area contributed by atoms with Gasteiger partial charge in [0.2, 0.25) is 0 Å². The van der Waals surface area contributed by atoms with Crippen LogP contribution in [-0.4, -0.2) is 54.2 Å². The van der Waals surface area contributed by atoms with Gasteiger partial charge >= 0.3 is 0 Å². The highest BCUT2D eigenvalue weighted by atomic mass is 127. The largest absolute Gasteiger partial charge is 0.467 e. The molecule has 0 amide bonds. The molecular weight excluding hydrogens is 455 g/mol. The Hall–Kier alpha value is -0.800. The average Bonchev–Trinajstić information content (AvgIpc) is 3.22. The number of aliphatic imine (C=N–C) groups is 1. The Labute approximate surface area is 180 Å². The Morgan fingerprint density at radius 2 is 2.11 bits per heavy atom. The fourth-order valence-corrected chi connectivity index (χ4v) is 4.16. The van der Waals surface area contributed by atoms with Crippen LogP contribution in [0.25, 0.3) is 0 Å². The number of aliphatic hydroxyl groups is 1. The van der Waals surface area contributed by atoms with Crippen LogP contribution in [-0.2, 0) is 0 Å². The van der Waals surface area contributed by atoms with Crippen LogP contribution >= 0.6 is 24.0 Å². The third-order valence-corrected chi connectivity index (χ3v) is 5.52. The summed E-state index contributed by atoms with van der Waals surface area (Å²) in [5.41, 5.74) is 0. The van der Waals surface area contributed by atoms with Crippen LogP contribution < -0.4 is 10.6 Å². The van der Waals surface area contributed by atoms with E-state index in [1.165, 1.54) is 51.5 Å². The smallest absolute Gasteiger partial charge is 0.191 e. The van der Waals surface area contributed by atoms with Crippen molar-refractivity contribution < 1.29 is 9.52 Å². The van der Waals surface area contributed by atoms with Crippen LogP contribution in [0.3, 0.4) is 0 Å². The maximum absolute atomic E-state index is 10.2. The third-order valence-electron chi connectivity index (χ3n) is 5.52. The van der Waals surface area contributed by atoms with Crippen molar-refractivity contribution in [3.63, 3.8) is 0 Å². The lowest BCUT2D eigenvalue weighted by molar-refractivity contribution is 0.115. The van der Waals surface area contributed by atoms with E-state index in [1.54, 1.807) is 18.4 Å². The lowest BCUT2D eigenvalue weighted by Crippen LogP contribution is -2.53. The number of piperidine rings is 1. The van der Waals surface area contributed by atoms with Gasteiger partial charge in [-0.1, -0.05) is 19.3 Å². The van der Waals surface area contributed by atoms with Crippen LogP contribution in [0.15, 0.2) is 27.8 Å². The second-order valence-electron chi connectivity index (χ2n) is 7.52. The van der Waals surface area contributed by atoms with E-state index in [0.29, 0.717) is 18.3 Å². The molecule has 2 aliphatic rings. The Bertz CT molecular complexity index is 546. The number of nitrogens with one attached hydrogen (secondary N) is 2. The number of hydrogen-bond donors (Lipinski definition) is 3. The Morgan fingerprint density at radius 3 is 2.81 bits per heavy atom. The third kappa shape index (κ3) is 6.94. The highest BCUT2D eigenvalue weighted by Gasteiger charge is 2.27. The van der Waals surface area contributed by atoms with E-state index in [0.717, 1.165) is 25.1 Å². The molecule has 1 aliphatic carbocycles. The van der Waals surface area contributed by atoms with Gasteiger partial charge in [-0.05, 0) is 51.3 Å². The summed E-state index contributed by atoms with van der Waals surface area (Å²) < 4.78 is 5.25. The van der Waals surface area contributed by atoms with Crippen molar-refractivity contribution in [2.45, 2.75) is 70.1 Å². The van der Waals surface area contributed by atoms with Gasteiger partial charge in [0.25, 0.3) is 0 Å². The van der Waals surface area contributed by atoms with E-state index >= 15 is 0 Å². The average molecular weight is 490 g/mol. The second kappa shape index (κ2) is 11.9. The molecule has 6 nitrogen and oxygen atoms in total. The Kier molecular flexibility index (Phi) is 9.92. The molecule has 2 unspecified atom stereocenters. The molecule has 0 bridgehead atoms. The van der Waals surface area contributed by atoms with Crippen molar-refractivity contribution in [1.82, 2.24) is 15.5 Å². The van der Waals surface area contributed by atoms with Crippen molar-refractivity contribution in [2.75, 3.05) is 26.2 Å². The summed E-state index contributed by atoms with van der Waals surface area (Å²) in [4.78, 5) is 7.25. The fraction of sp³-hybridized carbons (Fsp3) is 0.750. The van der Waals surface area contributed by atoms with Gasteiger partial charge in [0.05, 0.1) is 12.8 Å². The summed E-state index contributed by atoms with van der Waals surface area (Å²) in [7, 11) is 0. The van der Waals surface area contributed by atoms with E-state index in [1.807, 2.05) is 0 Å². The predicted octanol–water partition coefficient (Wildman–Crippen LogP) is 3.28. The molecule has 7 heteroatoms. The first-order valence-corrected chi connectivity index (χ1v) is 10.3. The topological polar surface area (TPSA) is 73.0 Å². The minimum Gasteiger partial charge on any atom is -0.467 e. The van der Waals surface area contributed by atoms with Gasteiger partial charge in [-0.2, -0.15) is 0 Å². The number of guanidine groups is 1. The zero-order valence-electron chi connectivity index (χ0n) is 16.4. The highest BCUT2D eigenvalue weighted by molar-refractivity contribution is 14.0. The quantitative estimate of drug-likeness (QED) is 0.324. The standard InChI is InChI=1S/C20H34N4O2.HI/c1-2-21-20(22-14-18(25)19-11-7-13-26-19)23-16-8-6-12-24(15-16)17-9-4-3-5-10-17;/h7,11,13,16-18,25H,2-6,8-10,12,14-15H2,1H3,(H2,21,22,23);1H. The van der Waals surface area contributed by atoms with Crippen molar-refractivity contribution in [2.24, 2.45) is 4.99 Å². The normalized spacial score (nSPS) is 23.5. The maximum Gasteiger partial charge on any atom is 0.191 e. The second-order valence-corrected chi connectivity index (χ2v) is 7.52. The number of aliphatic hydroxyl groups excluding tert-OH is 1. The molecule has 3 N–H and O–H groups in total. The molecule has 154 valence electrons. The van der Waals surface area contributed by atoms with E-state index in [-0.39, 0.29) is 24.0 Å². The van der Waals surface area contributed by atoms with E-state index in [9.17, 15) is 5.11 Å². The Morgan fingerprint density at radius 1 is 1.30 bits per heavy atom. The van der Waals surface area contributed by atoms with Crippen LogP contribution in [0, 0.1) is 0 Å². The molecule has 2 fully saturated rings. The zero-order valence-corrected chi connectivity index (χ0v) is 18.7. The van der Waals surface area contributed by atoms with E-state index < -0.39 is 6.10 Å². The molecule has 0 spiro atoms. The minimum atomic E-state index is -0.703. The highest BCUT2D eigenvalue weighted by Crippen LogP contribution is 2.25. The van der Waals surface area contributed by atoms with Crippen LogP contribution in [0.5, 0.6) is 0 Å². The molecule has 1 aromatic heterocycles. The lowest BCUT2D eigenvalue weighted by Gasteiger charge is -2.40. The molecule has 27 heavy (non-hydrogen) atoms. The summed E-state index contributed by atoms with van der Waals surface area (Å²) in [6.07, 6.45) is 10.2. The summed E-state index contributed by atoms with van der Waals surface area (Å²) in [5, 5.41) is 17.1. The van der Waals surface area contributed by atoms with Crippen molar-refractivity contribution in [3.8, 4) is 0 Å². The molecule has 1 aromatic rings. The van der Waals surface area contributed by atoms with Crippen molar-refractivity contribution in [3.05, 3.63) is 24.2 Å². The SMILES string of the molecule is CCNC(=NCC(O)c1ccco1)NC1CCCN(C2CCCCC2)C1.I. The van der Waals surface area contributed by atoms with Gasteiger partial charge in [0.15, 0.2) is 5.96 Å². The summed E-state index contributed by atoms with van der Waals surface area (Å²) in [6.45, 7) is 5.49. The number of rotatable bonds is 6. The van der Waals surface area contributed by atoms with Crippen LogP contribution in [0.1, 0.15) is 63.7 Å². The van der Waals surface area contributed by atoms with Crippen molar-refractivity contribution >= 4 is 29.9 Å². The molecular formula is C20H35IN4O2. The molecule has 1 saturated carbocycles. The zero-order chi connectivity index (χ0) is 18.2. The van der Waals surface area contributed by atoms with Crippen molar-refractivity contribution in [1.29, 1.82) is 0 Å². The van der Waals surface area contributed by atoms with Crippen LogP contribution in [0.2, 0.25) is 0 Å². The first-order valence-electron chi connectivity index (χ1n) is 10.3. The summed E-state index contributed by atoms with van der Waals surface area (Å²) >= 11 is 0. The number of likely N-dealkylation sites (tertiary alicyclic amines) is 1. The summed E-state index contributed by atoms with van der Waals surface area (Å²) in [5.74, 6) is 1.35. The predicted molar refractivity (Wildman–Crippen MR) is 120 cm³/mol. The van der Waals surface area contributed by atoms with Gasteiger partial charge in [0.1, 0.15) is 11.9 Å².